The summed E-state index contributed by atoms with van der Waals surface area (Å²) in [5.74, 6) is 0.409. The third-order valence-corrected chi connectivity index (χ3v) is 4.11. The molecule has 126 valence electrons. The van der Waals surface area contributed by atoms with Crippen molar-refractivity contribution in [3.63, 3.8) is 0 Å². The molecule has 1 aromatic carbocycles. The van der Waals surface area contributed by atoms with Gasteiger partial charge >= 0.3 is 0 Å². The minimum Gasteiger partial charge on any atom is -0.494 e. The number of nitrogens with one attached hydrogen (secondary N) is 2. The molecule has 1 aliphatic rings. The van der Waals surface area contributed by atoms with Gasteiger partial charge in [-0.3, -0.25) is 9.59 Å². The fourth-order valence-corrected chi connectivity index (χ4v) is 2.48. The summed E-state index contributed by atoms with van der Waals surface area (Å²) in [4.78, 5) is 24.7. The van der Waals surface area contributed by atoms with Crippen LogP contribution in [0.1, 0.15) is 46.0 Å². The summed E-state index contributed by atoms with van der Waals surface area (Å²) < 4.78 is 5.37. The molecule has 0 aliphatic heterocycles. The molecule has 5 heteroatoms. The molecule has 2 N–H and O–H groups in total. The molecule has 0 heterocycles. The Balaban J connectivity index is 1.87. The molecule has 1 fully saturated rings. The van der Waals surface area contributed by atoms with E-state index in [0.717, 1.165) is 25.0 Å². The van der Waals surface area contributed by atoms with Crippen molar-refractivity contribution >= 4 is 17.5 Å². The van der Waals surface area contributed by atoms with Crippen molar-refractivity contribution in [2.75, 3.05) is 18.5 Å². The molecule has 2 amide bonds. The molecular formula is C18H26N2O3. The smallest absolute Gasteiger partial charge is 0.240 e. The van der Waals surface area contributed by atoms with Crippen molar-refractivity contribution in [1.82, 2.24) is 5.32 Å². The van der Waals surface area contributed by atoms with Gasteiger partial charge in [0.1, 0.15) is 11.2 Å². The third kappa shape index (κ3) is 4.47. The van der Waals surface area contributed by atoms with Gasteiger partial charge in [-0.05, 0) is 50.5 Å². The maximum absolute atomic E-state index is 12.4. The Morgan fingerprint density at radius 2 is 1.78 bits per heavy atom. The molecular weight excluding hydrogens is 292 g/mol. The predicted molar refractivity (Wildman–Crippen MR) is 90.4 cm³/mol. The first-order chi connectivity index (χ1) is 11.1. The second-order valence-electron chi connectivity index (χ2n) is 5.96. The molecule has 0 spiro atoms. The molecule has 0 atom stereocenters. The molecule has 1 aliphatic carbocycles. The lowest BCUT2D eigenvalue weighted by Crippen LogP contribution is -2.40. The zero-order chi connectivity index (χ0) is 16.7. The van der Waals surface area contributed by atoms with E-state index >= 15 is 0 Å². The van der Waals surface area contributed by atoms with E-state index in [-0.39, 0.29) is 11.8 Å². The molecule has 1 aromatic rings. The van der Waals surface area contributed by atoms with Gasteiger partial charge in [-0.1, -0.05) is 19.8 Å². The number of benzene rings is 1. The van der Waals surface area contributed by atoms with Crippen molar-refractivity contribution in [2.45, 2.75) is 46.0 Å². The molecule has 1 saturated carbocycles. The fourth-order valence-electron chi connectivity index (χ4n) is 2.48. The lowest BCUT2D eigenvalue weighted by Gasteiger charge is -2.15. The Kier molecular flexibility index (Phi) is 6.02. The van der Waals surface area contributed by atoms with E-state index in [1.807, 2.05) is 19.1 Å². The summed E-state index contributed by atoms with van der Waals surface area (Å²) in [6.07, 6.45) is 4.40. The summed E-state index contributed by atoms with van der Waals surface area (Å²) >= 11 is 0. The summed E-state index contributed by atoms with van der Waals surface area (Å²) in [7, 11) is 0. The maximum atomic E-state index is 12.4. The third-order valence-electron chi connectivity index (χ3n) is 4.11. The maximum Gasteiger partial charge on any atom is 0.240 e. The Hall–Kier alpha value is -2.04. The van der Waals surface area contributed by atoms with E-state index in [1.165, 1.54) is 0 Å². The van der Waals surface area contributed by atoms with Crippen LogP contribution in [0.4, 0.5) is 5.69 Å². The summed E-state index contributed by atoms with van der Waals surface area (Å²) in [5, 5.41) is 5.73. The summed E-state index contributed by atoms with van der Waals surface area (Å²) in [5.41, 5.74) is -0.186. The molecule has 23 heavy (non-hydrogen) atoms. The van der Waals surface area contributed by atoms with Crippen LogP contribution < -0.4 is 15.4 Å². The van der Waals surface area contributed by atoms with E-state index in [4.69, 9.17) is 4.74 Å². The number of rotatable bonds is 9. The van der Waals surface area contributed by atoms with Crippen LogP contribution in [0, 0.1) is 5.41 Å². The van der Waals surface area contributed by atoms with Gasteiger partial charge in [0.2, 0.25) is 11.8 Å². The van der Waals surface area contributed by atoms with Crippen LogP contribution in [0.15, 0.2) is 24.3 Å². The molecule has 0 saturated heterocycles. The van der Waals surface area contributed by atoms with Crippen molar-refractivity contribution in [3.05, 3.63) is 24.3 Å². The van der Waals surface area contributed by atoms with Crippen LogP contribution in [0.3, 0.4) is 0 Å². The molecule has 5 nitrogen and oxygen atoms in total. The van der Waals surface area contributed by atoms with Crippen molar-refractivity contribution < 1.29 is 14.3 Å². The highest BCUT2D eigenvalue weighted by Crippen LogP contribution is 2.46. The fraction of sp³-hybridized carbons (Fsp3) is 0.556. The monoisotopic (exact) mass is 318 g/mol. The molecule has 0 bridgehead atoms. The quantitative estimate of drug-likeness (QED) is 0.543. The molecule has 0 unspecified atom stereocenters. The van der Waals surface area contributed by atoms with Crippen LogP contribution in [0.2, 0.25) is 0 Å². The van der Waals surface area contributed by atoms with E-state index in [2.05, 4.69) is 17.6 Å². The second-order valence-corrected chi connectivity index (χ2v) is 5.96. The van der Waals surface area contributed by atoms with Crippen molar-refractivity contribution in [2.24, 2.45) is 5.41 Å². The zero-order valence-electron chi connectivity index (χ0n) is 14.0. The largest absolute Gasteiger partial charge is 0.494 e. The summed E-state index contributed by atoms with van der Waals surface area (Å²) in [6.45, 7) is 5.29. The Labute approximate surface area is 137 Å². The predicted octanol–water partition coefficient (Wildman–Crippen LogP) is 3.11. The minimum absolute atomic E-state index is 0.142. The van der Waals surface area contributed by atoms with E-state index in [0.29, 0.717) is 31.7 Å². The first-order valence-electron chi connectivity index (χ1n) is 8.45. The van der Waals surface area contributed by atoms with Crippen LogP contribution in [-0.2, 0) is 9.59 Å². The summed E-state index contributed by atoms with van der Waals surface area (Å²) in [6, 6.07) is 7.20. The highest BCUT2D eigenvalue weighted by Gasteiger charge is 2.56. The number of carbonyl (C=O) groups is 2. The Bertz CT molecular complexity index is 536. The molecule has 0 radical (unpaired) electrons. The number of ether oxygens (including phenoxy) is 1. The van der Waals surface area contributed by atoms with E-state index < -0.39 is 5.41 Å². The van der Waals surface area contributed by atoms with E-state index in [9.17, 15) is 9.59 Å². The van der Waals surface area contributed by atoms with Gasteiger partial charge in [0.25, 0.3) is 0 Å². The first kappa shape index (κ1) is 17.3. The lowest BCUT2D eigenvalue weighted by molar-refractivity contribution is -0.134. The second kappa shape index (κ2) is 7.99. The van der Waals surface area contributed by atoms with Crippen molar-refractivity contribution in [1.29, 1.82) is 0 Å². The Morgan fingerprint density at radius 3 is 2.35 bits per heavy atom. The Morgan fingerprint density at radius 1 is 1.09 bits per heavy atom. The normalized spacial score (nSPS) is 14.9. The minimum atomic E-state index is -0.870. The number of hydrogen-bond acceptors (Lipinski definition) is 3. The van der Waals surface area contributed by atoms with Gasteiger partial charge in [0.05, 0.1) is 6.61 Å². The zero-order valence-corrected chi connectivity index (χ0v) is 14.0. The van der Waals surface area contributed by atoms with Gasteiger partial charge in [-0.15, -0.1) is 0 Å². The number of carbonyl (C=O) groups excluding carboxylic acids is 2. The van der Waals surface area contributed by atoms with Gasteiger partial charge in [0.15, 0.2) is 0 Å². The highest BCUT2D eigenvalue weighted by molar-refractivity contribution is 6.13. The van der Waals surface area contributed by atoms with Crippen LogP contribution >= 0.6 is 0 Å². The van der Waals surface area contributed by atoms with Crippen LogP contribution in [0.5, 0.6) is 5.75 Å². The molecule has 0 aromatic heterocycles. The van der Waals surface area contributed by atoms with Gasteiger partial charge in [-0.2, -0.15) is 0 Å². The average Bonchev–Trinajstić information content (AvgIpc) is 3.35. The lowest BCUT2D eigenvalue weighted by atomic mass is 10.0. The van der Waals surface area contributed by atoms with Crippen LogP contribution in [0.25, 0.3) is 0 Å². The number of anilines is 1. The van der Waals surface area contributed by atoms with Crippen molar-refractivity contribution in [3.8, 4) is 5.75 Å². The van der Waals surface area contributed by atoms with Gasteiger partial charge in [0, 0.05) is 12.2 Å². The van der Waals surface area contributed by atoms with E-state index in [1.54, 1.807) is 12.1 Å². The van der Waals surface area contributed by atoms with Crippen LogP contribution in [-0.4, -0.2) is 25.0 Å². The standard InChI is InChI=1S/C18H26N2O3/c1-3-5-6-13-19-16(21)18(11-12-18)17(22)20-14-7-9-15(10-8-14)23-4-2/h7-10H,3-6,11-13H2,1-2H3,(H,19,21)(H,20,22). The number of amides is 2. The SMILES string of the molecule is CCCCCNC(=O)C1(C(=O)Nc2ccc(OCC)cc2)CC1. The average molecular weight is 318 g/mol. The highest BCUT2D eigenvalue weighted by atomic mass is 16.5. The van der Waals surface area contributed by atoms with Gasteiger partial charge < -0.3 is 15.4 Å². The van der Waals surface area contributed by atoms with Gasteiger partial charge in [-0.25, -0.2) is 0 Å². The molecule has 2 rings (SSSR count). The topological polar surface area (TPSA) is 67.4 Å². The first-order valence-corrected chi connectivity index (χ1v) is 8.45. The number of hydrogen-bond donors (Lipinski definition) is 2. The number of unbranched alkanes of at least 4 members (excludes halogenated alkanes) is 2.